The van der Waals surface area contributed by atoms with E-state index in [4.69, 9.17) is 0 Å². The SMILES string of the molecule is CC(C)C(O)CNC(=O)c1ccc2c(c1)[nH]c(=O)n2C1CCCC1. The highest BCUT2D eigenvalue weighted by molar-refractivity contribution is 5.97. The average molecular weight is 331 g/mol. The first-order chi connectivity index (χ1) is 11.5. The minimum atomic E-state index is -0.569. The number of nitrogens with one attached hydrogen (secondary N) is 2. The number of nitrogens with zero attached hydrogens (tertiary/aromatic N) is 1. The summed E-state index contributed by atoms with van der Waals surface area (Å²) in [7, 11) is 0. The Bertz CT molecular complexity index is 784. The zero-order valence-electron chi connectivity index (χ0n) is 14.2. The molecule has 0 radical (unpaired) electrons. The van der Waals surface area contributed by atoms with E-state index in [0.717, 1.165) is 31.2 Å². The number of H-pyrrole nitrogens is 1. The van der Waals surface area contributed by atoms with Crippen molar-refractivity contribution >= 4 is 16.9 Å². The molecule has 3 rings (SSSR count). The summed E-state index contributed by atoms with van der Waals surface area (Å²) < 4.78 is 1.83. The third-order valence-electron chi connectivity index (χ3n) is 4.91. The lowest BCUT2D eigenvalue weighted by Gasteiger charge is -2.15. The summed E-state index contributed by atoms with van der Waals surface area (Å²) >= 11 is 0. The summed E-state index contributed by atoms with van der Waals surface area (Å²) in [5.41, 5.74) is 1.91. The predicted octanol–water partition coefficient (Wildman–Crippen LogP) is 2.19. The van der Waals surface area contributed by atoms with Crippen LogP contribution in [0, 0.1) is 5.92 Å². The van der Waals surface area contributed by atoms with Gasteiger partial charge >= 0.3 is 5.69 Å². The number of carbonyl (C=O) groups excluding carboxylic acids is 1. The van der Waals surface area contributed by atoms with E-state index in [1.54, 1.807) is 12.1 Å². The molecule has 1 fully saturated rings. The molecular weight excluding hydrogens is 306 g/mol. The first-order valence-corrected chi connectivity index (χ1v) is 8.68. The third kappa shape index (κ3) is 3.24. The second-order valence-corrected chi connectivity index (χ2v) is 6.99. The van der Waals surface area contributed by atoms with Crippen LogP contribution in [-0.2, 0) is 0 Å². The number of aliphatic hydroxyl groups excluding tert-OH is 1. The maximum Gasteiger partial charge on any atom is 0.326 e. The number of hydrogen-bond acceptors (Lipinski definition) is 3. The van der Waals surface area contributed by atoms with E-state index in [1.807, 2.05) is 24.5 Å². The molecule has 0 spiro atoms. The molecule has 0 bridgehead atoms. The predicted molar refractivity (Wildman–Crippen MR) is 93.2 cm³/mol. The number of aromatic nitrogens is 2. The van der Waals surface area contributed by atoms with Crippen molar-refractivity contribution in [3.63, 3.8) is 0 Å². The van der Waals surface area contributed by atoms with Crippen molar-refractivity contribution in [2.24, 2.45) is 5.92 Å². The number of imidazole rings is 1. The van der Waals surface area contributed by atoms with E-state index in [2.05, 4.69) is 10.3 Å². The number of benzene rings is 1. The molecule has 0 aliphatic heterocycles. The summed E-state index contributed by atoms with van der Waals surface area (Å²) in [5, 5.41) is 12.5. The summed E-state index contributed by atoms with van der Waals surface area (Å²) in [6.45, 7) is 4.02. The van der Waals surface area contributed by atoms with Crippen molar-refractivity contribution in [1.29, 1.82) is 0 Å². The normalized spacial score (nSPS) is 16.8. The van der Waals surface area contributed by atoms with Crippen molar-refractivity contribution in [2.45, 2.75) is 51.7 Å². The zero-order valence-corrected chi connectivity index (χ0v) is 14.2. The van der Waals surface area contributed by atoms with Gasteiger partial charge in [0, 0.05) is 18.2 Å². The second kappa shape index (κ2) is 6.81. The van der Waals surface area contributed by atoms with Crippen LogP contribution in [0.15, 0.2) is 23.0 Å². The maximum absolute atomic E-state index is 12.3. The zero-order chi connectivity index (χ0) is 17.3. The topological polar surface area (TPSA) is 87.1 Å². The van der Waals surface area contributed by atoms with Gasteiger partial charge < -0.3 is 15.4 Å². The molecule has 24 heavy (non-hydrogen) atoms. The summed E-state index contributed by atoms with van der Waals surface area (Å²) in [6.07, 6.45) is 3.80. The van der Waals surface area contributed by atoms with E-state index >= 15 is 0 Å². The Morgan fingerprint density at radius 1 is 1.38 bits per heavy atom. The minimum absolute atomic E-state index is 0.0876. The number of amides is 1. The van der Waals surface area contributed by atoms with Crippen molar-refractivity contribution in [1.82, 2.24) is 14.9 Å². The lowest BCUT2D eigenvalue weighted by Crippen LogP contribution is -2.34. The Hall–Kier alpha value is -2.08. The Kier molecular flexibility index (Phi) is 4.76. The Morgan fingerprint density at radius 2 is 2.08 bits per heavy atom. The third-order valence-corrected chi connectivity index (χ3v) is 4.91. The van der Waals surface area contributed by atoms with Gasteiger partial charge in [0.2, 0.25) is 0 Å². The maximum atomic E-state index is 12.3. The molecule has 1 aromatic carbocycles. The van der Waals surface area contributed by atoms with Gasteiger partial charge in [0.25, 0.3) is 5.91 Å². The molecule has 1 amide bonds. The lowest BCUT2D eigenvalue weighted by molar-refractivity contribution is 0.0871. The number of aliphatic hydroxyl groups is 1. The molecule has 1 aliphatic carbocycles. The van der Waals surface area contributed by atoms with Gasteiger partial charge in [0.1, 0.15) is 0 Å². The minimum Gasteiger partial charge on any atom is -0.391 e. The van der Waals surface area contributed by atoms with Crippen molar-refractivity contribution in [2.75, 3.05) is 6.54 Å². The van der Waals surface area contributed by atoms with Crippen LogP contribution in [0.4, 0.5) is 0 Å². The first kappa shape index (κ1) is 16.8. The molecular formula is C18H25N3O3. The number of hydrogen-bond donors (Lipinski definition) is 3. The molecule has 130 valence electrons. The molecule has 1 aromatic heterocycles. The molecule has 1 aliphatic rings. The Balaban J connectivity index is 1.81. The molecule has 6 nitrogen and oxygen atoms in total. The standard InChI is InChI=1S/C18H25N3O3/c1-11(2)16(22)10-19-17(23)12-7-8-15-14(9-12)20-18(24)21(15)13-5-3-4-6-13/h7-9,11,13,16,22H,3-6,10H2,1-2H3,(H,19,23)(H,20,24). The fraction of sp³-hybridized carbons (Fsp3) is 0.556. The molecule has 1 heterocycles. The summed E-state index contributed by atoms with van der Waals surface area (Å²) in [4.78, 5) is 27.4. The highest BCUT2D eigenvalue weighted by atomic mass is 16.3. The van der Waals surface area contributed by atoms with Gasteiger partial charge in [-0.15, -0.1) is 0 Å². The van der Waals surface area contributed by atoms with Gasteiger partial charge in [-0.25, -0.2) is 4.79 Å². The molecule has 0 saturated heterocycles. The van der Waals surface area contributed by atoms with Crippen LogP contribution in [0.5, 0.6) is 0 Å². The van der Waals surface area contributed by atoms with Gasteiger partial charge in [-0.2, -0.15) is 0 Å². The molecule has 2 aromatic rings. The highest BCUT2D eigenvalue weighted by Crippen LogP contribution is 2.30. The number of fused-ring (bicyclic) bond motifs is 1. The fourth-order valence-corrected chi connectivity index (χ4v) is 3.33. The van der Waals surface area contributed by atoms with Crippen LogP contribution in [0.25, 0.3) is 11.0 Å². The van der Waals surface area contributed by atoms with E-state index in [0.29, 0.717) is 11.1 Å². The second-order valence-electron chi connectivity index (χ2n) is 6.99. The van der Waals surface area contributed by atoms with Crippen LogP contribution < -0.4 is 11.0 Å². The molecule has 1 saturated carbocycles. The van der Waals surface area contributed by atoms with Gasteiger partial charge in [0.05, 0.1) is 17.1 Å². The van der Waals surface area contributed by atoms with Crippen molar-refractivity contribution in [3.8, 4) is 0 Å². The Labute approximate surface area is 140 Å². The Morgan fingerprint density at radius 3 is 2.75 bits per heavy atom. The monoisotopic (exact) mass is 331 g/mol. The van der Waals surface area contributed by atoms with Crippen LogP contribution in [-0.4, -0.2) is 33.2 Å². The fourth-order valence-electron chi connectivity index (χ4n) is 3.33. The van der Waals surface area contributed by atoms with Crippen molar-refractivity contribution < 1.29 is 9.90 Å². The van der Waals surface area contributed by atoms with Crippen molar-refractivity contribution in [3.05, 3.63) is 34.2 Å². The van der Waals surface area contributed by atoms with E-state index in [9.17, 15) is 14.7 Å². The number of carbonyl (C=O) groups is 1. The van der Waals surface area contributed by atoms with Gasteiger partial charge in [-0.05, 0) is 37.0 Å². The first-order valence-electron chi connectivity index (χ1n) is 8.68. The highest BCUT2D eigenvalue weighted by Gasteiger charge is 2.21. The summed E-state index contributed by atoms with van der Waals surface area (Å²) in [6, 6.07) is 5.53. The smallest absolute Gasteiger partial charge is 0.326 e. The molecule has 3 N–H and O–H groups in total. The van der Waals surface area contributed by atoms with Crippen LogP contribution >= 0.6 is 0 Å². The molecule has 1 atom stereocenters. The van der Waals surface area contributed by atoms with Crippen LogP contribution in [0.3, 0.4) is 0 Å². The average Bonchev–Trinajstić information content (AvgIpc) is 3.17. The van der Waals surface area contributed by atoms with Gasteiger partial charge in [-0.3, -0.25) is 9.36 Å². The summed E-state index contributed by atoms with van der Waals surface area (Å²) in [5.74, 6) is -0.157. The van der Waals surface area contributed by atoms with Crippen LogP contribution in [0.2, 0.25) is 0 Å². The molecule has 1 unspecified atom stereocenters. The lowest BCUT2D eigenvalue weighted by atomic mass is 10.1. The molecule has 6 heteroatoms. The largest absolute Gasteiger partial charge is 0.391 e. The van der Waals surface area contributed by atoms with Gasteiger partial charge in [0.15, 0.2) is 0 Å². The van der Waals surface area contributed by atoms with E-state index in [1.165, 1.54) is 0 Å². The van der Waals surface area contributed by atoms with Crippen LogP contribution in [0.1, 0.15) is 55.9 Å². The van der Waals surface area contributed by atoms with E-state index < -0.39 is 6.10 Å². The number of rotatable bonds is 5. The van der Waals surface area contributed by atoms with E-state index in [-0.39, 0.29) is 30.1 Å². The van der Waals surface area contributed by atoms with Gasteiger partial charge in [-0.1, -0.05) is 26.7 Å². The quantitative estimate of drug-likeness (QED) is 0.785. The number of aromatic amines is 1.